The fourth-order valence-electron chi connectivity index (χ4n) is 15.4. The normalized spacial score (nSPS) is 17.6. The number of aliphatic hydroxyl groups excluding tert-OH is 10. The summed E-state index contributed by atoms with van der Waals surface area (Å²) in [5.74, 6) is 1.30. The first-order valence-electron chi connectivity index (χ1n) is 50.7. The summed E-state index contributed by atoms with van der Waals surface area (Å²) in [7, 11) is 0. The quantitative estimate of drug-likeness (QED) is 0.0222. The number of hydrogen-bond acceptors (Lipinski definition) is 18. The van der Waals surface area contributed by atoms with E-state index in [0.717, 1.165) is 191 Å². The third kappa shape index (κ3) is 60.5. The second kappa shape index (κ2) is 70.0. The van der Waals surface area contributed by atoms with Crippen molar-refractivity contribution >= 4 is 46.2 Å². The molecule has 6 aliphatic rings. The standard InChI is InChI=1S/2C18H24O2.2C16H20O2.2C14H24O2.4C4H10O.2C3H8O.3Ti/c2*1-17(2,3)15(19)13-16(20)18(11-7-8-12-18)14-9-5-4-6-10-14;2*1-16(10-6-3-7-11-16)15(18)12-14(17)13-8-4-2-5-9-13;2*1-13(2,3)11(15)10-12(16)14(4)8-6-5-7-9-14;2*1-4(2,3)5;2*1-2-3-4-5;2*1-3(2)4;;;/h2*4-6,9-10,13,19H,7-8,11-12H2,1-3H3;2*2,4-5,8-9,12,17H,3,6-7,10-11H2,1H3;2*10,15H,5-9H2,1-4H3;2*5H,1-3H3;2*5H,2-4H2,1H3;2*3-4H,1-2H3;;;/b2*15-13-;2*14-12-;2*11-10-;;;;;;;;;. The van der Waals surface area contributed by atoms with Gasteiger partial charge in [-0.2, -0.15) is 0 Å². The number of hydrogen-bond donors (Lipinski definition) is 12. The van der Waals surface area contributed by atoms with Crippen molar-refractivity contribution in [3.05, 3.63) is 203 Å². The van der Waals surface area contributed by atoms with E-state index in [2.05, 4.69) is 13.8 Å². The number of carbonyl (C=O) groups is 6. The summed E-state index contributed by atoms with van der Waals surface area (Å²) in [6.07, 6.45) is 41.6. The molecule has 6 fully saturated rings. The van der Waals surface area contributed by atoms with E-state index in [1.807, 2.05) is 232 Å². The predicted octanol–water partition coefficient (Wildman–Crippen LogP) is 29.3. The van der Waals surface area contributed by atoms with Gasteiger partial charge in [-0.25, -0.2) is 0 Å². The molecule has 4 aromatic rings. The molecular weight excluding hydrogens is 1850 g/mol. The Morgan fingerprint density at radius 1 is 0.288 bits per heavy atom. The zero-order valence-electron chi connectivity index (χ0n) is 91.5. The molecule has 4 aromatic carbocycles. The minimum atomic E-state index is -0.500. The van der Waals surface area contributed by atoms with Crippen molar-refractivity contribution in [1.29, 1.82) is 0 Å². The van der Waals surface area contributed by atoms with Gasteiger partial charge in [0.2, 0.25) is 0 Å². The summed E-state index contributed by atoms with van der Waals surface area (Å²) in [6, 6.07) is 38.4. The fourth-order valence-corrected chi connectivity index (χ4v) is 15.4. The summed E-state index contributed by atoms with van der Waals surface area (Å²) in [5.41, 5.74) is -0.756. The number of ketones is 6. The van der Waals surface area contributed by atoms with Crippen molar-refractivity contribution in [2.75, 3.05) is 13.2 Å². The number of unbranched alkanes of at least 4 members (excludes halogenated alkanes) is 2. The van der Waals surface area contributed by atoms with Gasteiger partial charge in [0, 0.05) is 181 Å². The Morgan fingerprint density at radius 2 is 0.446 bits per heavy atom. The largest absolute Gasteiger partial charge is 0.512 e. The SMILES string of the molecule is CC(C)(C)/C(O)=C/C(=O)C1(c2ccccc2)CCCC1.CC(C)(C)/C(O)=C/C(=O)C1(c2ccccc2)CCCC1.CC(C)(C)O.CC(C)(C)O.CC(C)O.CC(C)O.CC1(C(=O)/C=C(\O)C(C)(C)C)CCCCC1.CC1(C(=O)/C=C(\O)C(C)(C)C)CCCCC1.CC1(C(=O)/C=C(\O)c2ccccc2)CCCCC1.CC1(C(=O)/C=C(\O)c2ccccc2)CCCCC1.CCCCO.CCCCO.[Ti].[Ti].[Ti]. The van der Waals surface area contributed by atoms with Crippen LogP contribution >= 0.6 is 0 Å². The van der Waals surface area contributed by atoms with Crippen LogP contribution in [-0.2, 0) is 105 Å². The van der Waals surface area contributed by atoms with Crippen LogP contribution in [0.1, 0.15) is 422 Å². The number of allylic oxidation sites excluding steroid dienone is 10. The van der Waals surface area contributed by atoms with Crippen LogP contribution in [0.25, 0.3) is 11.5 Å². The van der Waals surface area contributed by atoms with Crippen LogP contribution in [0.5, 0.6) is 0 Å². The first kappa shape index (κ1) is 141. The molecule has 6 saturated carbocycles. The molecule has 12 N–H and O–H groups in total. The summed E-state index contributed by atoms with van der Waals surface area (Å²) in [4.78, 5) is 74.4. The second-order valence-electron chi connectivity index (χ2n) is 45.6. The monoisotopic (exact) mass is 2040 g/mol. The molecule has 0 radical (unpaired) electrons. The van der Waals surface area contributed by atoms with Crippen LogP contribution < -0.4 is 0 Å². The number of carbonyl (C=O) groups excluding carboxylic acids is 6. The van der Waals surface area contributed by atoms with Gasteiger partial charge in [-0.1, -0.05) is 362 Å². The van der Waals surface area contributed by atoms with E-state index in [0.29, 0.717) is 24.3 Å². The smallest absolute Gasteiger partial charge is 0.169 e. The first-order chi connectivity index (χ1) is 62.8. The van der Waals surface area contributed by atoms with E-state index < -0.39 is 22.0 Å². The zero-order valence-corrected chi connectivity index (χ0v) is 96.2. The zero-order chi connectivity index (χ0) is 105. The third-order valence-corrected chi connectivity index (χ3v) is 24.6. The fraction of sp³-hybridized carbons (Fsp3) is 0.644. The van der Waals surface area contributed by atoms with Gasteiger partial charge in [0.25, 0.3) is 0 Å². The van der Waals surface area contributed by atoms with Crippen LogP contribution in [0.4, 0.5) is 0 Å². The van der Waals surface area contributed by atoms with Gasteiger partial charge in [0.05, 0.1) is 22.0 Å². The minimum Gasteiger partial charge on any atom is -0.512 e. The Morgan fingerprint density at radius 3 is 0.604 bits per heavy atom. The molecule has 0 bridgehead atoms. The van der Waals surface area contributed by atoms with Gasteiger partial charge in [0.15, 0.2) is 34.7 Å². The third-order valence-electron chi connectivity index (χ3n) is 24.6. The van der Waals surface area contributed by atoms with Gasteiger partial charge >= 0.3 is 0 Å². The van der Waals surface area contributed by atoms with Gasteiger partial charge in [0.1, 0.15) is 34.6 Å². The molecule has 21 heteroatoms. The predicted molar refractivity (Wildman–Crippen MR) is 565 cm³/mol. The van der Waals surface area contributed by atoms with E-state index >= 15 is 0 Å². The Labute approximate surface area is 887 Å². The first-order valence-corrected chi connectivity index (χ1v) is 50.7. The average molecular weight is 2040 g/mol. The van der Waals surface area contributed by atoms with E-state index in [1.165, 1.54) is 62.1 Å². The van der Waals surface area contributed by atoms with Crippen LogP contribution in [0.3, 0.4) is 0 Å². The molecule has 0 saturated heterocycles. The molecule has 139 heavy (non-hydrogen) atoms. The number of aliphatic hydroxyl groups is 12. The molecule has 784 valence electrons. The van der Waals surface area contributed by atoms with Gasteiger partial charge < -0.3 is 61.3 Å². The molecule has 0 amide bonds. The van der Waals surface area contributed by atoms with E-state index in [4.69, 9.17) is 30.6 Å². The van der Waals surface area contributed by atoms with Crippen LogP contribution in [0.15, 0.2) is 181 Å². The molecule has 10 rings (SSSR count). The average Bonchev–Trinajstić information content (AvgIpc) is 1.66. The summed E-state index contributed by atoms with van der Waals surface area (Å²) < 4.78 is 0. The van der Waals surface area contributed by atoms with Crippen molar-refractivity contribution in [3.8, 4) is 0 Å². The molecule has 0 unspecified atom stereocenters. The van der Waals surface area contributed by atoms with Gasteiger partial charge in [-0.05, 0) is 170 Å². The van der Waals surface area contributed by atoms with Gasteiger partial charge in [-0.15, -0.1) is 0 Å². The molecule has 6 aliphatic carbocycles. The van der Waals surface area contributed by atoms with Crippen molar-refractivity contribution in [1.82, 2.24) is 0 Å². The van der Waals surface area contributed by atoms with Crippen molar-refractivity contribution in [3.63, 3.8) is 0 Å². The number of benzene rings is 4. The Hall–Kier alpha value is -5.96. The van der Waals surface area contributed by atoms with Crippen LogP contribution in [-0.4, -0.2) is 133 Å². The van der Waals surface area contributed by atoms with E-state index in [1.54, 1.807) is 69.2 Å². The maximum Gasteiger partial charge on any atom is 0.169 e. The number of rotatable bonds is 20. The van der Waals surface area contributed by atoms with E-state index in [-0.39, 0.29) is 190 Å². The van der Waals surface area contributed by atoms with Crippen LogP contribution in [0.2, 0.25) is 0 Å². The molecule has 0 heterocycles. The molecule has 0 aromatic heterocycles. The van der Waals surface area contributed by atoms with Gasteiger partial charge in [-0.3, -0.25) is 28.8 Å². The van der Waals surface area contributed by atoms with Crippen LogP contribution in [0, 0.1) is 43.3 Å². The summed E-state index contributed by atoms with van der Waals surface area (Å²) in [5, 5.41) is 109. The molecule has 0 aliphatic heterocycles. The molecule has 0 atom stereocenters. The minimum absolute atomic E-state index is 0. The summed E-state index contributed by atoms with van der Waals surface area (Å²) >= 11 is 0. The molecule has 18 nitrogen and oxygen atoms in total. The van der Waals surface area contributed by atoms with Crippen molar-refractivity contribution < 1.29 is 155 Å². The Bertz CT molecular complexity index is 3900. The van der Waals surface area contributed by atoms with E-state index in [9.17, 15) is 59.4 Å². The molecule has 0 spiro atoms. The molecular formula is C118H192O18Ti3. The Kier molecular flexibility index (Phi) is 71.2. The maximum absolute atomic E-state index is 12.8. The van der Waals surface area contributed by atoms with Crippen molar-refractivity contribution in [2.45, 2.75) is 434 Å². The topological polar surface area (TPSA) is 345 Å². The maximum atomic E-state index is 12.8. The summed E-state index contributed by atoms with van der Waals surface area (Å²) in [6.45, 7) is 53.2. The van der Waals surface area contributed by atoms with Crippen molar-refractivity contribution in [2.24, 2.45) is 43.3 Å². The second-order valence-corrected chi connectivity index (χ2v) is 45.6. The Balaban J connectivity index is -0.000000487.